The van der Waals surface area contributed by atoms with Gasteiger partial charge in [-0.2, -0.15) is 0 Å². The second-order valence-corrected chi connectivity index (χ2v) is 8.84. The molecule has 2 aliphatic rings. The van der Waals surface area contributed by atoms with Crippen molar-refractivity contribution in [3.05, 3.63) is 62.4 Å². The first-order valence-corrected chi connectivity index (χ1v) is 11.4. The van der Waals surface area contributed by atoms with Gasteiger partial charge in [0.05, 0.1) is 11.7 Å². The van der Waals surface area contributed by atoms with E-state index in [-0.39, 0.29) is 18.3 Å². The number of hydrogen-bond donors (Lipinski definition) is 1. The predicted molar refractivity (Wildman–Crippen MR) is 121 cm³/mol. The van der Waals surface area contributed by atoms with Crippen LogP contribution in [0.15, 0.2) is 40.1 Å². The molecule has 2 fully saturated rings. The standard InChI is InChI=1S/C24H31N3O5/c1-16-8-10-17(11-9-16)23(29)31-15-19-12-13-21(32-19)27-14-20(22(28)25-24(27)30)26(2)18-6-4-3-5-7-18/h8-11,14,18-19,21H,3-7,12-13,15H2,1-2H3,(H,25,28,30)/t19-,21-/m0/s1. The van der Waals surface area contributed by atoms with Gasteiger partial charge in [0.15, 0.2) is 0 Å². The summed E-state index contributed by atoms with van der Waals surface area (Å²) in [5.74, 6) is -0.394. The first kappa shape index (κ1) is 22.3. The third kappa shape index (κ3) is 4.96. The molecule has 32 heavy (non-hydrogen) atoms. The van der Waals surface area contributed by atoms with Crippen molar-refractivity contribution in [1.82, 2.24) is 9.55 Å². The number of benzene rings is 1. The van der Waals surface area contributed by atoms with Crippen molar-refractivity contribution in [3.8, 4) is 0 Å². The van der Waals surface area contributed by atoms with E-state index >= 15 is 0 Å². The molecule has 0 bridgehead atoms. The van der Waals surface area contributed by atoms with Gasteiger partial charge in [0.2, 0.25) is 0 Å². The van der Waals surface area contributed by atoms with Crippen LogP contribution >= 0.6 is 0 Å². The number of carbonyl (C=O) groups is 1. The highest BCUT2D eigenvalue weighted by molar-refractivity contribution is 5.89. The zero-order valence-corrected chi connectivity index (χ0v) is 18.7. The fourth-order valence-electron chi connectivity index (χ4n) is 4.56. The van der Waals surface area contributed by atoms with Gasteiger partial charge in [-0.15, -0.1) is 0 Å². The van der Waals surface area contributed by atoms with Crippen LogP contribution in [-0.2, 0) is 9.47 Å². The third-order valence-electron chi connectivity index (χ3n) is 6.53. The molecule has 2 atom stereocenters. The van der Waals surface area contributed by atoms with Crippen molar-refractivity contribution in [1.29, 1.82) is 0 Å². The van der Waals surface area contributed by atoms with E-state index in [9.17, 15) is 14.4 Å². The van der Waals surface area contributed by atoms with Gasteiger partial charge in [0.25, 0.3) is 5.56 Å². The molecule has 1 aliphatic heterocycles. The predicted octanol–water partition coefficient (Wildman–Crippen LogP) is 3.15. The molecule has 172 valence electrons. The minimum absolute atomic E-state index is 0.121. The molecule has 2 heterocycles. The summed E-state index contributed by atoms with van der Waals surface area (Å²) >= 11 is 0. The highest BCUT2D eigenvalue weighted by atomic mass is 16.6. The van der Waals surface area contributed by atoms with Gasteiger partial charge in [0, 0.05) is 19.3 Å². The smallest absolute Gasteiger partial charge is 0.338 e. The summed E-state index contributed by atoms with van der Waals surface area (Å²) < 4.78 is 12.9. The van der Waals surface area contributed by atoms with E-state index in [1.54, 1.807) is 18.3 Å². The fraction of sp³-hybridized carbons (Fsp3) is 0.542. The molecule has 1 saturated carbocycles. The summed E-state index contributed by atoms with van der Waals surface area (Å²) in [6.07, 6.45) is 7.70. The van der Waals surface area contributed by atoms with Crippen LogP contribution in [0.3, 0.4) is 0 Å². The van der Waals surface area contributed by atoms with Gasteiger partial charge in [-0.3, -0.25) is 14.3 Å². The SMILES string of the molecule is Cc1ccc(C(=O)OC[C@@H]2CC[C@@H](n3cc(N(C)C4CCCCC4)c(=O)[nH]c3=O)O2)cc1. The van der Waals surface area contributed by atoms with E-state index in [4.69, 9.17) is 9.47 Å². The highest BCUT2D eigenvalue weighted by Gasteiger charge is 2.30. The van der Waals surface area contributed by atoms with Gasteiger partial charge >= 0.3 is 11.7 Å². The van der Waals surface area contributed by atoms with E-state index in [2.05, 4.69) is 4.98 Å². The van der Waals surface area contributed by atoms with Crippen LogP contribution < -0.4 is 16.1 Å². The van der Waals surface area contributed by atoms with Crippen LogP contribution in [0.1, 0.15) is 67.1 Å². The monoisotopic (exact) mass is 441 g/mol. The molecule has 0 spiro atoms. The van der Waals surface area contributed by atoms with E-state index in [1.165, 1.54) is 11.0 Å². The number of aryl methyl sites for hydroxylation is 1. The molecule has 0 unspecified atom stereocenters. The summed E-state index contributed by atoms with van der Waals surface area (Å²) in [5, 5.41) is 0. The maximum absolute atomic E-state index is 12.5. The van der Waals surface area contributed by atoms with Crippen LogP contribution in [0.2, 0.25) is 0 Å². The molecule has 1 saturated heterocycles. The van der Waals surface area contributed by atoms with E-state index in [0.29, 0.717) is 30.1 Å². The first-order chi connectivity index (χ1) is 15.4. The molecular weight excluding hydrogens is 410 g/mol. The van der Waals surface area contributed by atoms with Crippen LogP contribution in [-0.4, -0.2) is 41.3 Å². The zero-order valence-electron chi connectivity index (χ0n) is 18.7. The Morgan fingerprint density at radius 1 is 1.12 bits per heavy atom. The Kier molecular flexibility index (Phi) is 6.79. The Labute approximate surface area is 187 Å². The van der Waals surface area contributed by atoms with Gasteiger partial charge < -0.3 is 14.4 Å². The molecule has 0 amide bonds. The number of anilines is 1. The van der Waals surface area contributed by atoms with Crippen molar-refractivity contribution in [2.75, 3.05) is 18.6 Å². The lowest BCUT2D eigenvalue weighted by molar-refractivity contribution is -0.0339. The second kappa shape index (κ2) is 9.73. The van der Waals surface area contributed by atoms with Crippen LogP contribution in [0.4, 0.5) is 5.69 Å². The van der Waals surface area contributed by atoms with E-state index in [1.807, 2.05) is 31.0 Å². The zero-order chi connectivity index (χ0) is 22.7. The number of aromatic amines is 1. The van der Waals surface area contributed by atoms with Gasteiger partial charge in [-0.1, -0.05) is 37.0 Å². The van der Waals surface area contributed by atoms with Crippen molar-refractivity contribution in [2.45, 2.75) is 70.2 Å². The minimum Gasteiger partial charge on any atom is -0.459 e. The third-order valence-corrected chi connectivity index (χ3v) is 6.53. The van der Waals surface area contributed by atoms with E-state index in [0.717, 1.165) is 31.2 Å². The maximum Gasteiger partial charge on any atom is 0.338 e. The summed E-state index contributed by atoms with van der Waals surface area (Å²) in [5.41, 5.74) is 1.19. The number of ether oxygens (including phenoxy) is 2. The van der Waals surface area contributed by atoms with Gasteiger partial charge in [-0.05, 0) is 44.7 Å². The highest BCUT2D eigenvalue weighted by Crippen LogP contribution is 2.29. The molecule has 2 aromatic rings. The molecule has 8 nitrogen and oxygen atoms in total. The minimum atomic E-state index is -0.499. The quantitative estimate of drug-likeness (QED) is 0.692. The molecule has 4 rings (SSSR count). The van der Waals surface area contributed by atoms with Crippen LogP contribution in [0, 0.1) is 6.92 Å². The number of nitrogens with one attached hydrogen (secondary N) is 1. The van der Waals surface area contributed by atoms with Crippen LogP contribution in [0.25, 0.3) is 0 Å². The molecule has 1 aromatic heterocycles. The fourth-order valence-corrected chi connectivity index (χ4v) is 4.56. The van der Waals surface area contributed by atoms with Gasteiger partial charge in [-0.25, -0.2) is 9.59 Å². The number of nitrogens with zero attached hydrogens (tertiary/aromatic N) is 2. The van der Waals surface area contributed by atoms with E-state index < -0.39 is 17.9 Å². The molecule has 1 aromatic carbocycles. The molecule has 1 aliphatic carbocycles. The first-order valence-electron chi connectivity index (χ1n) is 11.4. The Hall–Kier alpha value is -2.87. The lowest BCUT2D eigenvalue weighted by atomic mass is 9.94. The number of rotatable bonds is 6. The van der Waals surface area contributed by atoms with Crippen molar-refractivity contribution >= 4 is 11.7 Å². The van der Waals surface area contributed by atoms with Crippen molar-refractivity contribution in [2.24, 2.45) is 0 Å². The maximum atomic E-state index is 12.5. The Bertz CT molecular complexity index is 1050. The average Bonchev–Trinajstić information content (AvgIpc) is 3.27. The summed E-state index contributed by atoms with van der Waals surface area (Å²) in [6.45, 7) is 2.08. The lowest BCUT2D eigenvalue weighted by Crippen LogP contribution is -2.41. The number of carbonyl (C=O) groups excluding carboxylic acids is 1. The van der Waals surface area contributed by atoms with Crippen molar-refractivity contribution < 1.29 is 14.3 Å². The molecule has 1 N–H and O–H groups in total. The Balaban J connectivity index is 1.41. The Morgan fingerprint density at radius 2 is 1.84 bits per heavy atom. The average molecular weight is 442 g/mol. The Morgan fingerprint density at radius 3 is 2.56 bits per heavy atom. The second-order valence-electron chi connectivity index (χ2n) is 8.84. The molecular formula is C24H31N3O5. The lowest BCUT2D eigenvalue weighted by Gasteiger charge is -2.32. The normalized spacial score (nSPS) is 21.4. The largest absolute Gasteiger partial charge is 0.459 e. The van der Waals surface area contributed by atoms with Gasteiger partial charge in [0.1, 0.15) is 18.5 Å². The molecule has 8 heteroatoms. The summed E-state index contributed by atoms with van der Waals surface area (Å²) in [7, 11) is 1.91. The number of esters is 1. The summed E-state index contributed by atoms with van der Waals surface area (Å²) in [6, 6.07) is 7.50. The number of hydrogen-bond acceptors (Lipinski definition) is 6. The molecule has 0 radical (unpaired) electrons. The topological polar surface area (TPSA) is 93.6 Å². The number of H-pyrrole nitrogens is 1. The van der Waals surface area contributed by atoms with Crippen molar-refractivity contribution in [3.63, 3.8) is 0 Å². The number of aromatic nitrogens is 2. The van der Waals surface area contributed by atoms with Crippen LogP contribution in [0.5, 0.6) is 0 Å². The summed E-state index contributed by atoms with van der Waals surface area (Å²) in [4.78, 5) is 41.6.